The predicted octanol–water partition coefficient (Wildman–Crippen LogP) is 4.38. The average Bonchev–Trinajstić information content (AvgIpc) is 2.58. The van der Waals surface area contributed by atoms with Gasteiger partial charge < -0.3 is 19.5 Å². The van der Waals surface area contributed by atoms with E-state index in [1.165, 1.54) is 0 Å². The van der Waals surface area contributed by atoms with Crippen LogP contribution in [-0.2, 0) is 11.3 Å². The Labute approximate surface area is 142 Å². The Morgan fingerprint density at radius 3 is 2.61 bits per heavy atom. The number of benzene rings is 2. The average molecular weight is 336 g/mol. The molecule has 4 nitrogen and oxygen atoms in total. The molecule has 0 aliphatic carbocycles. The molecule has 0 aliphatic rings. The molecule has 0 saturated heterocycles. The number of ether oxygens (including phenoxy) is 3. The summed E-state index contributed by atoms with van der Waals surface area (Å²) in [6.07, 6.45) is 0. The molecule has 2 rings (SSSR count). The van der Waals surface area contributed by atoms with Gasteiger partial charge in [-0.3, -0.25) is 0 Å². The van der Waals surface area contributed by atoms with Crippen LogP contribution in [0.3, 0.4) is 0 Å². The molecule has 0 bridgehead atoms. The third kappa shape index (κ3) is 5.34. The highest BCUT2D eigenvalue weighted by Crippen LogP contribution is 2.28. The summed E-state index contributed by atoms with van der Waals surface area (Å²) in [5.74, 6) is 1.52. The van der Waals surface area contributed by atoms with Crippen molar-refractivity contribution in [1.29, 1.82) is 0 Å². The topological polar surface area (TPSA) is 39.7 Å². The van der Waals surface area contributed by atoms with E-state index >= 15 is 0 Å². The molecule has 2 aromatic carbocycles. The molecule has 2 aromatic rings. The molecule has 124 valence electrons. The van der Waals surface area contributed by atoms with E-state index in [9.17, 15) is 0 Å². The highest BCUT2D eigenvalue weighted by Gasteiger charge is 2.05. The van der Waals surface area contributed by atoms with E-state index in [4.69, 9.17) is 25.8 Å². The van der Waals surface area contributed by atoms with Gasteiger partial charge in [0.15, 0.2) is 0 Å². The molecular formula is C18H22ClNO3. The Hall–Kier alpha value is -1.91. The van der Waals surface area contributed by atoms with E-state index in [1.807, 2.05) is 49.4 Å². The molecule has 0 saturated carbocycles. The molecule has 0 spiro atoms. The Balaban J connectivity index is 1.96. The third-order valence-electron chi connectivity index (χ3n) is 3.30. The summed E-state index contributed by atoms with van der Waals surface area (Å²) >= 11 is 6.14. The second-order valence-electron chi connectivity index (χ2n) is 4.86. The van der Waals surface area contributed by atoms with Gasteiger partial charge in [0.25, 0.3) is 0 Å². The molecule has 23 heavy (non-hydrogen) atoms. The normalized spacial score (nSPS) is 10.4. The van der Waals surface area contributed by atoms with Crippen LogP contribution in [0.1, 0.15) is 12.5 Å². The van der Waals surface area contributed by atoms with Crippen LogP contribution in [0.2, 0.25) is 5.02 Å². The maximum atomic E-state index is 6.14. The minimum atomic E-state index is 0.541. The van der Waals surface area contributed by atoms with Gasteiger partial charge in [-0.1, -0.05) is 29.8 Å². The van der Waals surface area contributed by atoms with Crippen molar-refractivity contribution in [3.63, 3.8) is 0 Å². The van der Waals surface area contributed by atoms with E-state index in [1.54, 1.807) is 7.11 Å². The van der Waals surface area contributed by atoms with Crippen molar-refractivity contribution >= 4 is 17.3 Å². The summed E-state index contributed by atoms with van der Waals surface area (Å²) in [7, 11) is 1.60. The molecule has 0 atom stereocenters. The molecule has 5 heteroatoms. The van der Waals surface area contributed by atoms with Crippen LogP contribution < -0.4 is 14.8 Å². The van der Waals surface area contributed by atoms with E-state index in [0.717, 1.165) is 17.0 Å². The second-order valence-corrected chi connectivity index (χ2v) is 5.26. The van der Waals surface area contributed by atoms with E-state index < -0.39 is 0 Å². The number of nitrogens with one attached hydrogen (secondary N) is 1. The van der Waals surface area contributed by atoms with Crippen molar-refractivity contribution in [2.45, 2.75) is 13.5 Å². The van der Waals surface area contributed by atoms with Crippen molar-refractivity contribution in [2.24, 2.45) is 0 Å². The first-order valence-electron chi connectivity index (χ1n) is 7.60. The number of anilines is 1. The quantitative estimate of drug-likeness (QED) is 0.690. The second kappa shape index (κ2) is 9.28. The number of para-hydroxylation sites is 1. The first kappa shape index (κ1) is 17.4. The lowest BCUT2D eigenvalue weighted by molar-refractivity contribution is 0.110. The van der Waals surface area contributed by atoms with Crippen LogP contribution in [0.5, 0.6) is 11.5 Å². The van der Waals surface area contributed by atoms with Gasteiger partial charge in [0.1, 0.15) is 18.1 Å². The fourth-order valence-electron chi connectivity index (χ4n) is 2.12. The lowest BCUT2D eigenvalue weighted by Crippen LogP contribution is -2.09. The van der Waals surface area contributed by atoms with E-state index in [0.29, 0.717) is 37.1 Å². The minimum absolute atomic E-state index is 0.541. The third-order valence-corrected chi connectivity index (χ3v) is 3.59. The lowest BCUT2D eigenvalue weighted by atomic mass is 10.2. The van der Waals surface area contributed by atoms with Gasteiger partial charge in [-0.2, -0.15) is 0 Å². The Morgan fingerprint density at radius 2 is 1.87 bits per heavy atom. The minimum Gasteiger partial charge on any atom is -0.495 e. The van der Waals surface area contributed by atoms with Crippen LogP contribution >= 0.6 is 11.6 Å². The van der Waals surface area contributed by atoms with Crippen LogP contribution in [-0.4, -0.2) is 26.9 Å². The van der Waals surface area contributed by atoms with Crippen molar-refractivity contribution < 1.29 is 14.2 Å². The maximum absolute atomic E-state index is 6.14. The zero-order valence-electron chi connectivity index (χ0n) is 13.5. The van der Waals surface area contributed by atoms with Gasteiger partial charge in [0, 0.05) is 24.4 Å². The molecule has 0 fully saturated rings. The smallest absolute Gasteiger partial charge is 0.137 e. The van der Waals surface area contributed by atoms with Crippen molar-refractivity contribution in [3.05, 3.63) is 53.1 Å². The SMILES string of the molecule is CCOCCOc1ccccc1CNc1ccc(OC)c(Cl)c1. The molecule has 0 heterocycles. The monoisotopic (exact) mass is 335 g/mol. The summed E-state index contributed by atoms with van der Waals surface area (Å²) in [4.78, 5) is 0. The number of hydrogen-bond donors (Lipinski definition) is 1. The van der Waals surface area contributed by atoms with Crippen LogP contribution in [0.4, 0.5) is 5.69 Å². The first-order valence-corrected chi connectivity index (χ1v) is 7.98. The van der Waals surface area contributed by atoms with Gasteiger partial charge in [0.2, 0.25) is 0 Å². The fraction of sp³-hybridized carbons (Fsp3) is 0.333. The largest absolute Gasteiger partial charge is 0.495 e. The zero-order valence-corrected chi connectivity index (χ0v) is 14.2. The van der Waals surface area contributed by atoms with Gasteiger partial charge in [0.05, 0.1) is 18.7 Å². The summed E-state index contributed by atoms with van der Waals surface area (Å²) in [5.41, 5.74) is 2.01. The number of rotatable bonds is 9. The summed E-state index contributed by atoms with van der Waals surface area (Å²) in [5, 5.41) is 3.93. The summed E-state index contributed by atoms with van der Waals surface area (Å²) < 4.78 is 16.2. The first-order chi connectivity index (χ1) is 11.2. The zero-order chi connectivity index (χ0) is 16.5. The Bertz CT molecular complexity index is 619. The highest BCUT2D eigenvalue weighted by atomic mass is 35.5. The van der Waals surface area contributed by atoms with E-state index in [-0.39, 0.29) is 0 Å². The molecular weight excluding hydrogens is 314 g/mol. The summed E-state index contributed by atoms with van der Waals surface area (Å²) in [6.45, 7) is 4.45. The van der Waals surface area contributed by atoms with Gasteiger partial charge >= 0.3 is 0 Å². The summed E-state index contributed by atoms with van der Waals surface area (Å²) in [6, 6.07) is 13.6. The van der Waals surface area contributed by atoms with Crippen molar-refractivity contribution in [3.8, 4) is 11.5 Å². The molecule has 1 N–H and O–H groups in total. The number of halogens is 1. The van der Waals surface area contributed by atoms with Crippen molar-refractivity contribution in [1.82, 2.24) is 0 Å². The fourth-order valence-corrected chi connectivity index (χ4v) is 2.38. The van der Waals surface area contributed by atoms with E-state index in [2.05, 4.69) is 5.32 Å². The maximum Gasteiger partial charge on any atom is 0.137 e. The highest BCUT2D eigenvalue weighted by molar-refractivity contribution is 6.32. The van der Waals surface area contributed by atoms with Gasteiger partial charge in [-0.15, -0.1) is 0 Å². The Kier molecular flexibility index (Phi) is 7.04. The van der Waals surface area contributed by atoms with Gasteiger partial charge in [-0.05, 0) is 31.2 Å². The molecule has 0 radical (unpaired) electrons. The molecule has 0 aromatic heterocycles. The van der Waals surface area contributed by atoms with Gasteiger partial charge in [-0.25, -0.2) is 0 Å². The standard InChI is InChI=1S/C18H22ClNO3/c1-3-22-10-11-23-17-7-5-4-6-14(17)13-20-15-8-9-18(21-2)16(19)12-15/h4-9,12,20H,3,10-11,13H2,1-2H3. The molecule has 0 aliphatic heterocycles. The molecule has 0 amide bonds. The van der Waals surface area contributed by atoms with Crippen molar-refractivity contribution in [2.75, 3.05) is 32.2 Å². The Morgan fingerprint density at radius 1 is 1.04 bits per heavy atom. The molecule has 0 unspecified atom stereocenters. The van der Waals surface area contributed by atoms with Crippen LogP contribution in [0.15, 0.2) is 42.5 Å². The predicted molar refractivity (Wildman–Crippen MR) is 93.8 cm³/mol. The number of hydrogen-bond acceptors (Lipinski definition) is 4. The van der Waals surface area contributed by atoms with Crippen LogP contribution in [0, 0.1) is 0 Å². The van der Waals surface area contributed by atoms with Crippen LogP contribution in [0.25, 0.3) is 0 Å². The lowest BCUT2D eigenvalue weighted by Gasteiger charge is -2.13. The number of methoxy groups -OCH3 is 1.